The lowest BCUT2D eigenvalue weighted by atomic mass is 10.2. The Labute approximate surface area is 153 Å². The van der Waals surface area contributed by atoms with E-state index in [0.29, 0.717) is 6.61 Å². The number of aromatic nitrogens is 2. The van der Waals surface area contributed by atoms with Crippen molar-refractivity contribution < 1.29 is 9.47 Å². The van der Waals surface area contributed by atoms with Gasteiger partial charge in [0.05, 0.1) is 19.2 Å². The highest BCUT2D eigenvalue weighted by Gasteiger charge is 2.13. The van der Waals surface area contributed by atoms with Crippen LogP contribution in [0.25, 0.3) is 21.8 Å². The van der Waals surface area contributed by atoms with E-state index in [1.807, 2.05) is 24.4 Å². The van der Waals surface area contributed by atoms with E-state index in [0.717, 1.165) is 46.3 Å². The number of ether oxygens (including phenoxy) is 2. The summed E-state index contributed by atoms with van der Waals surface area (Å²) in [5.74, 6) is 1.57. The normalized spacial score (nSPS) is 14.8. The maximum absolute atomic E-state index is 6.00. The Morgan fingerprint density at radius 1 is 1.12 bits per heavy atom. The SMILES string of the molecule is COc1cc2c(cc1OCCCN1CCCC1)[nH]c1ccncc12.Cl. The van der Waals surface area contributed by atoms with Crippen molar-refractivity contribution in [3.05, 3.63) is 30.6 Å². The molecule has 0 saturated carbocycles. The van der Waals surface area contributed by atoms with Crippen molar-refractivity contribution in [3.63, 3.8) is 0 Å². The number of pyridine rings is 1. The monoisotopic (exact) mass is 361 g/mol. The molecule has 0 bridgehead atoms. The summed E-state index contributed by atoms with van der Waals surface area (Å²) < 4.78 is 11.5. The summed E-state index contributed by atoms with van der Waals surface area (Å²) in [7, 11) is 1.69. The molecular formula is C19H24ClN3O2. The Balaban J connectivity index is 0.00000182. The maximum Gasteiger partial charge on any atom is 0.163 e. The average molecular weight is 362 g/mol. The second kappa shape index (κ2) is 7.93. The number of nitrogens with one attached hydrogen (secondary N) is 1. The largest absolute Gasteiger partial charge is 0.493 e. The van der Waals surface area contributed by atoms with E-state index in [2.05, 4.69) is 14.9 Å². The Hall–Kier alpha value is -1.98. The van der Waals surface area contributed by atoms with Gasteiger partial charge in [-0.15, -0.1) is 12.4 Å². The zero-order valence-corrected chi connectivity index (χ0v) is 15.3. The van der Waals surface area contributed by atoms with E-state index in [1.54, 1.807) is 13.3 Å². The van der Waals surface area contributed by atoms with Crippen LogP contribution in [0.3, 0.4) is 0 Å². The molecule has 3 heterocycles. The number of benzene rings is 1. The van der Waals surface area contributed by atoms with Crippen LogP contribution in [0.15, 0.2) is 30.6 Å². The fourth-order valence-electron chi connectivity index (χ4n) is 3.50. The first-order valence-corrected chi connectivity index (χ1v) is 8.64. The van der Waals surface area contributed by atoms with Crippen LogP contribution in [0, 0.1) is 0 Å². The number of aromatic amines is 1. The van der Waals surface area contributed by atoms with Crippen molar-refractivity contribution in [2.75, 3.05) is 33.4 Å². The molecule has 1 N–H and O–H groups in total. The molecule has 25 heavy (non-hydrogen) atoms. The van der Waals surface area contributed by atoms with Gasteiger partial charge in [-0.05, 0) is 44.5 Å². The number of fused-ring (bicyclic) bond motifs is 3. The van der Waals surface area contributed by atoms with E-state index >= 15 is 0 Å². The van der Waals surface area contributed by atoms with E-state index in [-0.39, 0.29) is 12.4 Å². The Kier molecular flexibility index (Phi) is 5.66. The molecule has 1 aliphatic heterocycles. The Bertz CT molecular complexity index is 843. The van der Waals surface area contributed by atoms with Crippen LogP contribution in [0.4, 0.5) is 0 Å². The zero-order valence-electron chi connectivity index (χ0n) is 14.5. The lowest BCUT2D eigenvalue weighted by Crippen LogP contribution is -2.21. The first-order chi connectivity index (χ1) is 11.8. The molecule has 0 radical (unpaired) electrons. The number of likely N-dealkylation sites (tertiary alicyclic amines) is 1. The highest BCUT2D eigenvalue weighted by molar-refractivity contribution is 6.07. The highest BCUT2D eigenvalue weighted by atomic mass is 35.5. The van der Waals surface area contributed by atoms with E-state index in [4.69, 9.17) is 9.47 Å². The van der Waals surface area contributed by atoms with Gasteiger partial charge in [0.15, 0.2) is 11.5 Å². The van der Waals surface area contributed by atoms with Gasteiger partial charge in [-0.2, -0.15) is 0 Å². The predicted octanol–water partition coefficient (Wildman–Crippen LogP) is 4.01. The Morgan fingerprint density at radius 3 is 2.76 bits per heavy atom. The third-order valence-electron chi connectivity index (χ3n) is 4.76. The molecule has 4 rings (SSSR count). The number of rotatable bonds is 6. The molecule has 134 valence electrons. The van der Waals surface area contributed by atoms with Gasteiger partial charge in [0.2, 0.25) is 0 Å². The van der Waals surface area contributed by atoms with Gasteiger partial charge in [-0.25, -0.2) is 0 Å². The number of hydrogen-bond donors (Lipinski definition) is 1. The summed E-state index contributed by atoms with van der Waals surface area (Å²) in [5.41, 5.74) is 2.13. The molecule has 0 spiro atoms. The predicted molar refractivity (Wildman–Crippen MR) is 103 cm³/mol. The molecule has 6 heteroatoms. The first-order valence-electron chi connectivity index (χ1n) is 8.64. The van der Waals surface area contributed by atoms with E-state index < -0.39 is 0 Å². The fourth-order valence-corrected chi connectivity index (χ4v) is 3.50. The first kappa shape index (κ1) is 17.8. The lowest BCUT2D eigenvalue weighted by Gasteiger charge is -2.15. The van der Waals surface area contributed by atoms with Gasteiger partial charge in [0.25, 0.3) is 0 Å². The minimum Gasteiger partial charge on any atom is -0.493 e. The van der Waals surface area contributed by atoms with Crippen LogP contribution in [-0.4, -0.2) is 48.2 Å². The summed E-state index contributed by atoms with van der Waals surface area (Å²) >= 11 is 0. The fraction of sp³-hybridized carbons (Fsp3) is 0.421. The second-order valence-electron chi connectivity index (χ2n) is 6.35. The van der Waals surface area contributed by atoms with Gasteiger partial charge in [0, 0.05) is 41.3 Å². The molecule has 0 amide bonds. The van der Waals surface area contributed by atoms with Crippen molar-refractivity contribution >= 4 is 34.2 Å². The van der Waals surface area contributed by atoms with Crippen LogP contribution in [0.1, 0.15) is 19.3 Å². The molecule has 2 aromatic heterocycles. The quantitative estimate of drug-likeness (QED) is 0.674. The van der Waals surface area contributed by atoms with Gasteiger partial charge < -0.3 is 19.4 Å². The number of halogens is 1. The van der Waals surface area contributed by atoms with Crippen LogP contribution >= 0.6 is 12.4 Å². The number of nitrogens with zero attached hydrogens (tertiary/aromatic N) is 2. The molecule has 0 atom stereocenters. The summed E-state index contributed by atoms with van der Waals surface area (Å²) in [6.45, 7) is 4.29. The number of hydrogen-bond acceptors (Lipinski definition) is 4. The van der Waals surface area contributed by atoms with Gasteiger partial charge in [-0.3, -0.25) is 4.98 Å². The summed E-state index contributed by atoms with van der Waals surface area (Å²) in [5, 5.41) is 2.21. The molecule has 1 aliphatic rings. The average Bonchev–Trinajstić information content (AvgIpc) is 3.25. The van der Waals surface area contributed by atoms with Crippen molar-refractivity contribution in [1.29, 1.82) is 0 Å². The van der Waals surface area contributed by atoms with Crippen molar-refractivity contribution in [2.24, 2.45) is 0 Å². The standard InChI is InChI=1S/C19H23N3O2.ClH/c1-23-18-11-14-15-13-20-6-5-16(15)21-17(14)12-19(18)24-10-4-9-22-7-2-3-8-22;/h5-6,11-13,21H,2-4,7-10H2,1H3;1H. The molecule has 1 saturated heterocycles. The topological polar surface area (TPSA) is 50.4 Å². The number of methoxy groups -OCH3 is 1. The molecule has 1 fully saturated rings. The lowest BCUT2D eigenvalue weighted by molar-refractivity contribution is 0.254. The second-order valence-corrected chi connectivity index (χ2v) is 6.35. The third-order valence-corrected chi connectivity index (χ3v) is 4.76. The molecule has 1 aromatic carbocycles. The summed E-state index contributed by atoms with van der Waals surface area (Å²) in [6.07, 6.45) is 7.38. The summed E-state index contributed by atoms with van der Waals surface area (Å²) in [6, 6.07) is 6.05. The highest BCUT2D eigenvalue weighted by Crippen LogP contribution is 2.35. The molecular weight excluding hydrogens is 338 g/mol. The van der Waals surface area contributed by atoms with Crippen molar-refractivity contribution in [2.45, 2.75) is 19.3 Å². The van der Waals surface area contributed by atoms with Gasteiger partial charge >= 0.3 is 0 Å². The van der Waals surface area contributed by atoms with E-state index in [1.165, 1.54) is 25.9 Å². The van der Waals surface area contributed by atoms with Gasteiger partial charge in [0.1, 0.15) is 0 Å². The van der Waals surface area contributed by atoms with Crippen molar-refractivity contribution in [1.82, 2.24) is 14.9 Å². The molecule has 3 aromatic rings. The van der Waals surface area contributed by atoms with Crippen LogP contribution in [0.2, 0.25) is 0 Å². The Morgan fingerprint density at radius 2 is 1.96 bits per heavy atom. The zero-order chi connectivity index (χ0) is 16.4. The number of H-pyrrole nitrogens is 1. The third kappa shape index (κ3) is 3.67. The minimum absolute atomic E-state index is 0. The van der Waals surface area contributed by atoms with E-state index in [9.17, 15) is 0 Å². The van der Waals surface area contributed by atoms with Gasteiger partial charge in [-0.1, -0.05) is 0 Å². The molecule has 0 unspecified atom stereocenters. The van der Waals surface area contributed by atoms with Crippen LogP contribution in [-0.2, 0) is 0 Å². The summed E-state index contributed by atoms with van der Waals surface area (Å²) in [4.78, 5) is 10.1. The van der Waals surface area contributed by atoms with Crippen LogP contribution < -0.4 is 9.47 Å². The minimum atomic E-state index is 0. The molecule has 0 aliphatic carbocycles. The molecule has 5 nitrogen and oxygen atoms in total. The maximum atomic E-state index is 6.00. The van der Waals surface area contributed by atoms with Crippen LogP contribution in [0.5, 0.6) is 11.5 Å². The smallest absolute Gasteiger partial charge is 0.163 e. The van der Waals surface area contributed by atoms with Crippen molar-refractivity contribution in [3.8, 4) is 11.5 Å².